The average molecular weight is 163 g/mol. The van der Waals surface area contributed by atoms with E-state index in [0.717, 1.165) is 6.42 Å². The van der Waals surface area contributed by atoms with Gasteiger partial charge >= 0.3 is 0 Å². The first-order chi connectivity index (χ1) is 4.59. The van der Waals surface area contributed by atoms with E-state index in [2.05, 4.69) is 0 Å². The molecule has 0 bridgehead atoms. The number of carbonyl (C=O) groups excluding carboxylic acids is 1. The molecule has 0 aromatic rings. The van der Waals surface area contributed by atoms with Gasteiger partial charge < -0.3 is 5.73 Å². The summed E-state index contributed by atoms with van der Waals surface area (Å²) < 4.78 is 19.8. The molecule has 1 saturated carbocycles. The number of carbonyl (C=O) groups is 1. The molecule has 0 spiro atoms. The van der Waals surface area contributed by atoms with Crippen LogP contribution in [0.1, 0.15) is 19.3 Å². The highest BCUT2D eigenvalue weighted by atomic mass is 32.2. The van der Waals surface area contributed by atoms with Crippen molar-refractivity contribution in [3.8, 4) is 0 Å². The first-order valence-corrected chi connectivity index (χ1v) is 4.22. The first kappa shape index (κ1) is 7.53. The van der Waals surface area contributed by atoms with Crippen molar-refractivity contribution in [3.63, 3.8) is 0 Å². The molecule has 1 amide bonds. The normalized spacial score (nSPS) is 22.1. The van der Waals surface area contributed by atoms with Crippen molar-refractivity contribution in [2.24, 2.45) is 5.73 Å². The van der Waals surface area contributed by atoms with Crippen LogP contribution in [0.15, 0.2) is 0 Å². The lowest BCUT2D eigenvalue weighted by Gasteiger charge is -2.32. The van der Waals surface area contributed by atoms with Gasteiger partial charge in [0.05, 0.1) is 0 Å². The monoisotopic (exact) mass is 163 g/mol. The number of rotatable bonds is 2. The van der Waals surface area contributed by atoms with Crippen molar-refractivity contribution in [3.05, 3.63) is 0 Å². The van der Waals surface area contributed by atoms with Crippen molar-refractivity contribution in [1.29, 1.82) is 0 Å². The van der Waals surface area contributed by atoms with Gasteiger partial charge in [0, 0.05) is 0 Å². The van der Waals surface area contributed by atoms with Crippen molar-refractivity contribution in [2.75, 3.05) is 0 Å². The van der Waals surface area contributed by atoms with Crippen LogP contribution in [0.3, 0.4) is 0 Å². The second-order valence-corrected chi connectivity index (χ2v) is 3.88. The fourth-order valence-electron chi connectivity index (χ4n) is 1.03. The lowest BCUT2D eigenvalue weighted by Crippen LogP contribution is -2.50. The summed E-state index contributed by atoms with van der Waals surface area (Å²) in [6.07, 6.45) is 1.59. The third-order valence-corrected chi connectivity index (χ3v) is 3.36. The minimum absolute atomic E-state index is 0.404. The highest BCUT2D eigenvalue weighted by molar-refractivity contribution is 7.75. The second kappa shape index (κ2) is 2.23. The Labute approximate surface area is 60.4 Å². The fraction of sp³-hybridized carbons (Fsp3) is 0.800. The van der Waals surface area contributed by atoms with Crippen LogP contribution in [-0.4, -0.2) is 19.1 Å². The maximum absolute atomic E-state index is 10.6. The lowest BCUT2D eigenvalue weighted by atomic mass is 9.84. The summed E-state index contributed by atoms with van der Waals surface area (Å²) >= 11 is 0. The van der Waals surface area contributed by atoms with Gasteiger partial charge in [0.15, 0.2) is 10.7 Å². The molecule has 4 nitrogen and oxygen atoms in total. The maximum atomic E-state index is 10.6. The van der Waals surface area contributed by atoms with Gasteiger partial charge in [0.2, 0.25) is 5.91 Å². The molecule has 2 N–H and O–H groups in total. The van der Waals surface area contributed by atoms with Crippen LogP contribution in [0, 0.1) is 0 Å². The Balaban J connectivity index is 2.89. The maximum Gasteiger partial charge on any atom is 0.238 e. The molecule has 58 valence electrons. The van der Waals surface area contributed by atoms with E-state index in [9.17, 15) is 13.2 Å². The molecule has 0 radical (unpaired) electrons. The SMILES string of the molecule is NC(=O)C1([SH](=O)=O)CCC1. The average Bonchev–Trinajstić information content (AvgIpc) is 1.57. The number of hydrogen-bond donors (Lipinski definition) is 2. The molecular formula is C5H9NO3S. The predicted molar refractivity (Wildman–Crippen MR) is 36.1 cm³/mol. The van der Waals surface area contributed by atoms with Gasteiger partial charge in [-0.15, -0.1) is 0 Å². The molecule has 0 aromatic heterocycles. The van der Waals surface area contributed by atoms with Crippen molar-refractivity contribution < 1.29 is 13.2 Å². The van der Waals surface area contributed by atoms with Crippen molar-refractivity contribution in [1.82, 2.24) is 0 Å². The minimum atomic E-state index is -2.67. The van der Waals surface area contributed by atoms with Crippen LogP contribution in [0.2, 0.25) is 0 Å². The number of primary amides is 1. The number of nitrogens with two attached hydrogens (primary N) is 1. The quantitative estimate of drug-likeness (QED) is 0.513. The van der Waals surface area contributed by atoms with Crippen LogP contribution < -0.4 is 5.73 Å². The summed E-state index contributed by atoms with van der Waals surface area (Å²) in [5, 5.41) is 0. The third kappa shape index (κ3) is 0.811. The Morgan fingerprint density at radius 2 is 1.90 bits per heavy atom. The summed E-state index contributed by atoms with van der Waals surface area (Å²) in [6, 6.07) is 0. The highest BCUT2D eigenvalue weighted by Gasteiger charge is 2.46. The molecule has 1 rings (SSSR count). The molecule has 0 atom stereocenters. The third-order valence-electron chi connectivity index (χ3n) is 1.99. The van der Waals surface area contributed by atoms with E-state index in [4.69, 9.17) is 5.73 Å². The second-order valence-electron chi connectivity index (χ2n) is 2.51. The smallest absolute Gasteiger partial charge is 0.238 e. The lowest BCUT2D eigenvalue weighted by molar-refractivity contribution is -0.122. The van der Waals surface area contributed by atoms with Gasteiger partial charge in [-0.2, -0.15) is 0 Å². The van der Waals surface area contributed by atoms with E-state index >= 15 is 0 Å². The number of amides is 1. The topological polar surface area (TPSA) is 77.2 Å². The Kier molecular flexibility index (Phi) is 1.68. The summed E-state index contributed by atoms with van der Waals surface area (Å²) in [4.78, 5) is 10.6. The molecule has 0 saturated heterocycles. The van der Waals surface area contributed by atoms with Gasteiger partial charge in [0.25, 0.3) is 0 Å². The summed E-state index contributed by atoms with van der Waals surface area (Å²) in [5.41, 5.74) is 4.91. The van der Waals surface area contributed by atoms with Gasteiger partial charge in [-0.05, 0) is 19.3 Å². The summed E-state index contributed by atoms with van der Waals surface area (Å²) in [7, 11) is -2.67. The largest absolute Gasteiger partial charge is 0.368 e. The van der Waals surface area contributed by atoms with E-state index in [-0.39, 0.29) is 0 Å². The molecule has 0 aliphatic heterocycles. The molecule has 0 heterocycles. The van der Waals surface area contributed by atoms with Crippen LogP contribution in [0.4, 0.5) is 0 Å². The molecule has 0 aromatic carbocycles. The molecule has 1 aliphatic carbocycles. The van der Waals surface area contributed by atoms with E-state index in [0.29, 0.717) is 12.8 Å². The summed E-state index contributed by atoms with van der Waals surface area (Å²) in [6.45, 7) is 0. The van der Waals surface area contributed by atoms with Crippen LogP contribution in [0.5, 0.6) is 0 Å². The van der Waals surface area contributed by atoms with E-state index in [1.54, 1.807) is 0 Å². The Hall–Kier alpha value is -0.580. The van der Waals surface area contributed by atoms with Crippen LogP contribution in [0.25, 0.3) is 0 Å². The summed E-state index contributed by atoms with van der Waals surface area (Å²) in [5.74, 6) is -0.699. The first-order valence-electron chi connectivity index (χ1n) is 3.04. The van der Waals surface area contributed by atoms with Crippen LogP contribution in [-0.2, 0) is 15.5 Å². The molecule has 5 heteroatoms. The molecule has 1 aliphatic rings. The Morgan fingerprint density at radius 3 is 1.90 bits per heavy atom. The number of thiol groups is 1. The molecular weight excluding hydrogens is 154 g/mol. The van der Waals surface area contributed by atoms with Crippen LogP contribution >= 0.6 is 0 Å². The Morgan fingerprint density at radius 1 is 1.40 bits per heavy atom. The van der Waals surface area contributed by atoms with Crippen molar-refractivity contribution >= 4 is 16.6 Å². The highest BCUT2D eigenvalue weighted by Crippen LogP contribution is 2.34. The zero-order valence-corrected chi connectivity index (χ0v) is 6.27. The van der Waals surface area contributed by atoms with E-state index < -0.39 is 21.4 Å². The van der Waals surface area contributed by atoms with E-state index in [1.807, 2.05) is 0 Å². The Bertz CT molecular complexity index is 221. The van der Waals surface area contributed by atoms with Gasteiger partial charge in [-0.1, -0.05) is 0 Å². The van der Waals surface area contributed by atoms with Gasteiger partial charge in [0.1, 0.15) is 4.75 Å². The predicted octanol–water partition coefficient (Wildman–Crippen LogP) is -0.994. The van der Waals surface area contributed by atoms with Gasteiger partial charge in [-0.25, -0.2) is 8.42 Å². The zero-order valence-electron chi connectivity index (χ0n) is 5.37. The van der Waals surface area contributed by atoms with Gasteiger partial charge in [-0.3, -0.25) is 4.79 Å². The zero-order chi connectivity index (χ0) is 7.78. The van der Waals surface area contributed by atoms with E-state index in [1.165, 1.54) is 0 Å². The minimum Gasteiger partial charge on any atom is -0.368 e. The number of hydrogen-bond acceptors (Lipinski definition) is 3. The fourth-order valence-corrected chi connectivity index (χ4v) is 1.89. The molecule has 10 heavy (non-hydrogen) atoms. The van der Waals surface area contributed by atoms with Crippen molar-refractivity contribution in [2.45, 2.75) is 24.0 Å². The molecule has 1 fully saturated rings. The molecule has 0 unspecified atom stereocenters. The standard InChI is InChI=1S/C5H9NO3S/c6-4(7)5(10(8)9)2-1-3-5/h10H,1-3H2,(H2,6,7).